The first-order valence-corrected chi connectivity index (χ1v) is 9.08. The first-order chi connectivity index (χ1) is 9.65. The van der Waals surface area contributed by atoms with Gasteiger partial charge < -0.3 is 5.11 Å². The van der Waals surface area contributed by atoms with Gasteiger partial charge in [-0.05, 0) is 36.3 Å². The van der Waals surface area contributed by atoms with Gasteiger partial charge in [-0.1, -0.05) is 57.4 Å². The molecule has 1 aromatic rings. The molecule has 0 spiro atoms. The van der Waals surface area contributed by atoms with Gasteiger partial charge in [0.25, 0.3) is 0 Å². The molecule has 1 unspecified atom stereocenters. The highest BCUT2D eigenvalue weighted by atomic mass is 32.2. The van der Waals surface area contributed by atoms with Gasteiger partial charge in [-0.15, -0.1) is 0 Å². The van der Waals surface area contributed by atoms with Crippen LogP contribution in [0.2, 0.25) is 0 Å². The van der Waals surface area contributed by atoms with E-state index in [1.165, 1.54) is 37.7 Å². The van der Waals surface area contributed by atoms with Crippen LogP contribution in [0.3, 0.4) is 0 Å². The number of aliphatic hydroxyl groups is 1. The molecule has 1 aromatic carbocycles. The Kier molecular flexibility index (Phi) is 6.44. The van der Waals surface area contributed by atoms with E-state index in [1.54, 1.807) is 0 Å². The van der Waals surface area contributed by atoms with Gasteiger partial charge in [0.2, 0.25) is 0 Å². The Hall–Kier alpha value is -0.470. The van der Waals surface area contributed by atoms with E-state index in [0.29, 0.717) is 5.92 Å². The number of hydrogen-bond donors (Lipinski definition) is 1. The van der Waals surface area contributed by atoms with Crippen LogP contribution in [0.1, 0.15) is 63.2 Å². The predicted molar refractivity (Wildman–Crippen MR) is 89.3 cm³/mol. The lowest BCUT2D eigenvalue weighted by Crippen LogP contribution is -2.11. The first-order valence-electron chi connectivity index (χ1n) is 8.03. The molecule has 1 aliphatic carbocycles. The summed E-state index contributed by atoms with van der Waals surface area (Å²) < 4.78 is 0. The summed E-state index contributed by atoms with van der Waals surface area (Å²) in [6.07, 6.45) is 7.60. The molecule has 1 fully saturated rings. The Balaban J connectivity index is 1.86. The van der Waals surface area contributed by atoms with Crippen molar-refractivity contribution in [2.24, 2.45) is 5.92 Å². The summed E-state index contributed by atoms with van der Waals surface area (Å²) >= 11 is 1.97. The molecule has 2 heteroatoms. The molecule has 112 valence electrons. The second-order valence-corrected chi connectivity index (χ2v) is 7.79. The van der Waals surface area contributed by atoms with E-state index in [0.717, 1.165) is 23.0 Å². The van der Waals surface area contributed by atoms with Gasteiger partial charge in [0.15, 0.2) is 0 Å². The van der Waals surface area contributed by atoms with Crippen LogP contribution in [-0.2, 0) is 6.42 Å². The van der Waals surface area contributed by atoms with Crippen molar-refractivity contribution in [3.05, 3.63) is 35.4 Å². The molecule has 2 rings (SSSR count). The predicted octanol–water partition coefficient (Wildman–Crippen LogP) is 4.98. The largest absolute Gasteiger partial charge is 0.388 e. The smallest absolute Gasteiger partial charge is 0.0880 e. The first kappa shape index (κ1) is 15.9. The minimum Gasteiger partial charge on any atom is -0.388 e. The van der Waals surface area contributed by atoms with E-state index in [-0.39, 0.29) is 6.10 Å². The highest BCUT2D eigenvalue weighted by Gasteiger charge is 2.16. The van der Waals surface area contributed by atoms with Crippen LogP contribution in [0.15, 0.2) is 24.3 Å². The maximum Gasteiger partial charge on any atom is 0.0880 e. The van der Waals surface area contributed by atoms with Crippen molar-refractivity contribution in [3.8, 4) is 0 Å². The zero-order valence-corrected chi connectivity index (χ0v) is 13.7. The molecule has 1 nitrogen and oxygen atoms in total. The second kappa shape index (κ2) is 8.09. The van der Waals surface area contributed by atoms with Gasteiger partial charge in [0.05, 0.1) is 6.10 Å². The van der Waals surface area contributed by atoms with Crippen molar-refractivity contribution in [1.82, 2.24) is 0 Å². The molecule has 0 heterocycles. The van der Waals surface area contributed by atoms with E-state index < -0.39 is 0 Å². The van der Waals surface area contributed by atoms with E-state index >= 15 is 0 Å². The molecule has 0 aliphatic heterocycles. The average molecular weight is 292 g/mol. The summed E-state index contributed by atoms with van der Waals surface area (Å²) in [6.45, 7) is 4.48. The number of aliphatic hydroxyl groups excluding tert-OH is 1. The fraction of sp³-hybridized carbons (Fsp3) is 0.667. The summed E-state index contributed by atoms with van der Waals surface area (Å²) in [5.41, 5.74) is 2.44. The Morgan fingerprint density at radius 2 is 1.95 bits per heavy atom. The molecule has 0 saturated heterocycles. The quantitative estimate of drug-likeness (QED) is 0.797. The van der Waals surface area contributed by atoms with E-state index in [2.05, 4.69) is 38.1 Å². The van der Waals surface area contributed by atoms with Gasteiger partial charge in [-0.3, -0.25) is 0 Å². The third-order valence-corrected chi connectivity index (χ3v) is 5.47. The summed E-state index contributed by atoms with van der Waals surface area (Å²) in [6, 6.07) is 8.51. The highest BCUT2D eigenvalue weighted by molar-refractivity contribution is 7.99. The van der Waals surface area contributed by atoms with Crippen molar-refractivity contribution < 1.29 is 5.11 Å². The monoisotopic (exact) mass is 292 g/mol. The molecule has 20 heavy (non-hydrogen) atoms. The van der Waals surface area contributed by atoms with Gasteiger partial charge in [-0.2, -0.15) is 11.8 Å². The van der Waals surface area contributed by atoms with Crippen LogP contribution in [-0.4, -0.2) is 16.1 Å². The molecule has 1 saturated carbocycles. The number of thioether (sulfide) groups is 1. The van der Waals surface area contributed by atoms with Crippen LogP contribution in [0.25, 0.3) is 0 Å². The Morgan fingerprint density at radius 1 is 1.20 bits per heavy atom. The minimum absolute atomic E-state index is 0.311. The van der Waals surface area contributed by atoms with Gasteiger partial charge in [0.1, 0.15) is 0 Å². The molecular formula is C18H28OS. The van der Waals surface area contributed by atoms with Crippen molar-refractivity contribution >= 4 is 11.8 Å². The fourth-order valence-corrected chi connectivity index (χ4v) is 4.27. The number of hydrogen-bond acceptors (Lipinski definition) is 2. The van der Waals surface area contributed by atoms with E-state index in [1.807, 2.05) is 11.8 Å². The van der Waals surface area contributed by atoms with Crippen molar-refractivity contribution in [2.45, 2.75) is 63.7 Å². The lowest BCUT2D eigenvalue weighted by atomic mass is 9.99. The topological polar surface area (TPSA) is 20.2 Å². The van der Waals surface area contributed by atoms with Crippen molar-refractivity contribution in [1.29, 1.82) is 0 Å². The van der Waals surface area contributed by atoms with Gasteiger partial charge in [0, 0.05) is 11.0 Å². The zero-order valence-electron chi connectivity index (χ0n) is 12.8. The van der Waals surface area contributed by atoms with E-state index in [9.17, 15) is 5.11 Å². The standard InChI is InChI=1S/C18H28OS/c1-14(2)11-15-7-6-8-16(12-15)18(19)13-20-17-9-4-3-5-10-17/h6-8,12,14,17-19H,3-5,9-11,13H2,1-2H3. The summed E-state index contributed by atoms with van der Waals surface area (Å²) in [4.78, 5) is 0. The van der Waals surface area contributed by atoms with Crippen LogP contribution in [0.5, 0.6) is 0 Å². The normalized spacial score (nSPS) is 18.4. The lowest BCUT2D eigenvalue weighted by molar-refractivity contribution is 0.203. The summed E-state index contributed by atoms with van der Waals surface area (Å²) in [5, 5.41) is 11.2. The number of rotatable bonds is 6. The van der Waals surface area contributed by atoms with Crippen molar-refractivity contribution in [2.75, 3.05) is 5.75 Å². The molecule has 1 atom stereocenters. The molecular weight excluding hydrogens is 264 g/mol. The lowest BCUT2D eigenvalue weighted by Gasteiger charge is -2.22. The molecule has 1 N–H and O–H groups in total. The average Bonchev–Trinajstić information content (AvgIpc) is 2.45. The zero-order chi connectivity index (χ0) is 14.4. The third-order valence-electron chi connectivity index (χ3n) is 4.02. The number of benzene rings is 1. The Morgan fingerprint density at radius 3 is 2.65 bits per heavy atom. The Bertz CT molecular complexity index is 396. The highest BCUT2D eigenvalue weighted by Crippen LogP contribution is 2.31. The minimum atomic E-state index is -0.311. The molecule has 0 aromatic heterocycles. The van der Waals surface area contributed by atoms with Crippen LogP contribution in [0, 0.1) is 5.92 Å². The second-order valence-electron chi connectivity index (χ2n) is 6.45. The van der Waals surface area contributed by atoms with Gasteiger partial charge >= 0.3 is 0 Å². The molecule has 0 bridgehead atoms. The van der Waals surface area contributed by atoms with Gasteiger partial charge in [-0.25, -0.2) is 0 Å². The van der Waals surface area contributed by atoms with E-state index in [4.69, 9.17) is 0 Å². The van der Waals surface area contributed by atoms with Crippen LogP contribution in [0.4, 0.5) is 0 Å². The molecule has 1 aliphatic rings. The van der Waals surface area contributed by atoms with Crippen LogP contribution < -0.4 is 0 Å². The fourth-order valence-electron chi connectivity index (χ4n) is 2.95. The maximum atomic E-state index is 10.4. The Labute approximate surface area is 128 Å². The van der Waals surface area contributed by atoms with Crippen molar-refractivity contribution in [3.63, 3.8) is 0 Å². The SMILES string of the molecule is CC(C)Cc1cccc(C(O)CSC2CCCCC2)c1. The summed E-state index contributed by atoms with van der Waals surface area (Å²) in [7, 11) is 0. The molecule has 0 amide bonds. The van der Waals surface area contributed by atoms with Crippen LogP contribution >= 0.6 is 11.8 Å². The molecule has 0 radical (unpaired) electrons. The third kappa shape index (κ3) is 5.14. The summed E-state index contributed by atoms with van der Waals surface area (Å²) in [5.74, 6) is 1.51. The maximum absolute atomic E-state index is 10.4.